The molecule has 1 aliphatic heterocycles. The van der Waals surface area contributed by atoms with Crippen LogP contribution in [0.5, 0.6) is 5.75 Å². The molecule has 2 heterocycles. The monoisotopic (exact) mass is 566 g/mol. The SMILES string of the molecule is CC#CC1(O)C(C(=O)N(C)C)[C@@H](c2ccccc2)[C@]2(c3ccc(Br)cc3)Oc3cc(Cl)cnc3C12O. The van der Waals surface area contributed by atoms with E-state index in [2.05, 4.69) is 32.8 Å². The smallest absolute Gasteiger partial charge is 0.230 e. The summed E-state index contributed by atoms with van der Waals surface area (Å²) in [6, 6.07) is 18.1. The number of pyridine rings is 1. The van der Waals surface area contributed by atoms with Crippen molar-refractivity contribution in [1.82, 2.24) is 9.88 Å². The highest BCUT2D eigenvalue weighted by atomic mass is 79.9. The number of ether oxygens (including phenoxy) is 1. The van der Waals surface area contributed by atoms with Gasteiger partial charge in [0.2, 0.25) is 5.91 Å². The fraction of sp³-hybridized carbons (Fsp3) is 0.286. The summed E-state index contributed by atoms with van der Waals surface area (Å²) in [5.74, 6) is 3.37. The van der Waals surface area contributed by atoms with Crippen LogP contribution in [0.2, 0.25) is 5.02 Å². The van der Waals surface area contributed by atoms with Gasteiger partial charge >= 0.3 is 0 Å². The van der Waals surface area contributed by atoms with E-state index < -0.39 is 34.5 Å². The van der Waals surface area contributed by atoms with Gasteiger partial charge in [-0.1, -0.05) is 75.9 Å². The molecule has 0 bridgehead atoms. The van der Waals surface area contributed by atoms with Crippen LogP contribution in [0.3, 0.4) is 0 Å². The number of aliphatic hydroxyl groups is 2. The lowest BCUT2D eigenvalue weighted by molar-refractivity contribution is -0.183. The van der Waals surface area contributed by atoms with Crippen LogP contribution < -0.4 is 4.74 Å². The van der Waals surface area contributed by atoms with Crippen LogP contribution >= 0.6 is 27.5 Å². The summed E-state index contributed by atoms with van der Waals surface area (Å²) >= 11 is 9.73. The molecule has 2 aromatic carbocycles. The molecule has 0 spiro atoms. The van der Waals surface area contributed by atoms with E-state index >= 15 is 0 Å². The molecular formula is C28H24BrClN2O4. The first-order chi connectivity index (χ1) is 17.1. The van der Waals surface area contributed by atoms with Gasteiger partial charge in [-0.25, -0.2) is 0 Å². The normalized spacial score (nSPS) is 30.0. The number of hydrogen-bond acceptors (Lipinski definition) is 5. The van der Waals surface area contributed by atoms with Crippen molar-refractivity contribution in [1.29, 1.82) is 0 Å². The van der Waals surface area contributed by atoms with Crippen molar-refractivity contribution in [3.8, 4) is 17.6 Å². The molecule has 2 N–H and O–H groups in total. The number of hydrogen-bond donors (Lipinski definition) is 2. The number of benzene rings is 2. The van der Waals surface area contributed by atoms with Gasteiger partial charge in [-0.3, -0.25) is 9.78 Å². The van der Waals surface area contributed by atoms with E-state index in [0.717, 1.165) is 4.47 Å². The Bertz CT molecular complexity index is 1400. The summed E-state index contributed by atoms with van der Waals surface area (Å²) in [6.45, 7) is 1.56. The number of aromatic nitrogens is 1. The van der Waals surface area contributed by atoms with Crippen molar-refractivity contribution < 1.29 is 19.7 Å². The zero-order valence-corrected chi connectivity index (χ0v) is 22.2. The summed E-state index contributed by atoms with van der Waals surface area (Å²) in [7, 11) is 3.23. The molecule has 0 radical (unpaired) electrons. The Morgan fingerprint density at radius 3 is 2.42 bits per heavy atom. The molecule has 0 saturated heterocycles. The largest absolute Gasteiger partial charge is 0.476 e. The lowest BCUT2D eigenvalue weighted by atomic mass is 9.70. The Labute approximate surface area is 223 Å². The average molecular weight is 568 g/mol. The molecule has 1 amide bonds. The van der Waals surface area contributed by atoms with Gasteiger partial charge in [0, 0.05) is 36.7 Å². The second-order valence-electron chi connectivity index (χ2n) is 9.30. The Morgan fingerprint density at radius 2 is 1.81 bits per heavy atom. The van der Waals surface area contributed by atoms with Crippen molar-refractivity contribution in [2.45, 2.75) is 29.6 Å². The first kappa shape index (κ1) is 24.8. The summed E-state index contributed by atoms with van der Waals surface area (Å²) in [5, 5.41) is 25.7. The van der Waals surface area contributed by atoms with Gasteiger partial charge in [0.05, 0.1) is 10.9 Å². The van der Waals surface area contributed by atoms with Crippen LogP contribution in [-0.4, -0.2) is 45.7 Å². The van der Waals surface area contributed by atoms with Gasteiger partial charge in [0.25, 0.3) is 0 Å². The molecule has 1 aromatic heterocycles. The predicted octanol–water partition coefficient (Wildman–Crippen LogP) is 4.23. The van der Waals surface area contributed by atoms with E-state index in [-0.39, 0.29) is 11.4 Å². The molecule has 36 heavy (non-hydrogen) atoms. The zero-order chi connectivity index (χ0) is 25.9. The van der Waals surface area contributed by atoms with Crippen molar-refractivity contribution in [2.75, 3.05) is 14.1 Å². The Balaban J connectivity index is 1.97. The standard InChI is InChI=1S/C28H24BrClN2O4/c1-4-14-26(34)23(25(33)32(2)3)22(17-8-6-5-7-9-17)27(18-10-12-19(29)13-11-18)28(26,35)24-21(36-27)15-20(30)16-31-24/h5-13,15-16,22-23,34-35H,1-3H3/t22-,23?,26?,27+,28?/m1/s1. The van der Waals surface area contributed by atoms with E-state index in [9.17, 15) is 15.0 Å². The number of fused-ring (bicyclic) bond motifs is 3. The van der Waals surface area contributed by atoms with Gasteiger partial charge in [-0.2, -0.15) is 0 Å². The number of halogens is 2. The third kappa shape index (κ3) is 3.12. The average Bonchev–Trinajstić information content (AvgIpc) is 3.21. The lowest BCUT2D eigenvalue weighted by Gasteiger charge is -2.41. The van der Waals surface area contributed by atoms with E-state index in [1.807, 2.05) is 42.5 Å². The van der Waals surface area contributed by atoms with Gasteiger partial charge in [0.1, 0.15) is 11.4 Å². The number of nitrogens with zero attached hydrogens (tertiary/aromatic N) is 2. The fourth-order valence-electron chi connectivity index (χ4n) is 5.84. The lowest BCUT2D eigenvalue weighted by Crippen LogP contribution is -2.59. The van der Waals surface area contributed by atoms with E-state index in [1.165, 1.54) is 11.1 Å². The highest BCUT2D eigenvalue weighted by Crippen LogP contribution is 2.71. The predicted molar refractivity (Wildman–Crippen MR) is 139 cm³/mol. The van der Waals surface area contributed by atoms with Crippen LogP contribution in [0, 0.1) is 17.8 Å². The maximum absolute atomic E-state index is 13.9. The van der Waals surface area contributed by atoms with Gasteiger partial charge in [-0.05, 0) is 30.2 Å². The Kier molecular flexibility index (Phi) is 5.92. The molecule has 1 aliphatic carbocycles. The molecule has 8 heteroatoms. The molecule has 184 valence electrons. The minimum absolute atomic E-state index is 0.0788. The second-order valence-corrected chi connectivity index (χ2v) is 10.6. The molecule has 3 unspecified atom stereocenters. The van der Waals surface area contributed by atoms with E-state index in [1.54, 1.807) is 39.2 Å². The number of carbonyl (C=O) groups is 1. The summed E-state index contributed by atoms with van der Waals surface area (Å²) in [6.07, 6.45) is 1.39. The van der Waals surface area contributed by atoms with E-state index in [0.29, 0.717) is 16.1 Å². The molecule has 2 aliphatic rings. The van der Waals surface area contributed by atoms with Gasteiger partial charge in [-0.15, -0.1) is 5.92 Å². The molecule has 1 fully saturated rings. The third-order valence-corrected chi connectivity index (χ3v) is 7.93. The Hall–Kier alpha value is -2.89. The fourth-order valence-corrected chi connectivity index (χ4v) is 6.25. The minimum atomic E-state index is -2.26. The first-order valence-corrected chi connectivity index (χ1v) is 12.5. The van der Waals surface area contributed by atoms with Crippen molar-refractivity contribution in [3.05, 3.63) is 93.2 Å². The summed E-state index contributed by atoms with van der Waals surface area (Å²) in [5.41, 5.74) is -4.82. The highest BCUT2D eigenvalue weighted by Gasteiger charge is 2.84. The second kappa shape index (κ2) is 8.60. The van der Waals surface area contributed by atoms with Crippen LogP contribution in [0.4, 0.5) is 0 Å². The van der Waals surface area contributed by atoms with Gasteiger partial charge in [0.15, 0.2) is 16.8 Å². The zero-order valence-electron chi connectivity index (χ0n) is 19.9. The summed E-state index contributed by atoms with van der Waals surface area (Å²) < 4.78 is 7.51. The van der Waals surface area contributed by atoms with Crippen molar-refractivity contribution in [2.24, 2.45) is 5.92 Å². The van der Waals surface area contributed by atoms with Crippen molar-refractivity contribution >= 4 is 33.4 Å². The Morgan fingerprint density at radius 1 is 1.14 bits per heavy atom. The van der Waals surface area contributed by atoms with Crippen LogP contribution in [0.1, 0.15) is 29.7 Å². The van der Waals surface area contributed by atoms with Crippen LogP contribution in [0.25, 0.3) is 0 Å². The molecule has 5 rings (SSSR count). The van der Waals surface area contributed by atoms with Crippen molar-refractivity contribution in [3.63, 3.8) is 0 Å². The van der Waals surface area contributed by atoms with Crippen LogP contribution in [-0.2, 0) is 16.0 Å². The highest BCUT2D eigenvalue weighted by molar-refractivity contribution is 9.10. The maximum Gasteiger partial charge on any atom is 0.230 e. The topological polar surface area (TPSA) is 82.9 Å². The number of amides is 1. The number of carbonyl (C=O) groups excluding carboxylic acids is 1. The molecule has 1 saturated carbocycles. The van der Waals surface area contributed by atoms with Crippen LogP contribution in [0.15, 0.2) is 71.3 Å². The van der Waals surface area contributed by atoms with E-state index in [4.69, 9.17) is 16.3 Å². The first-order valence-electron chi connectivity index (χ1n) is 11.4. The minimum Gasteiger partial charge on any atom is -0.476 e. The van der Waals surface area contributed by atoms with Gasteiger partial charge < -0.3 is 19.8 Å². The molecule has 3 aromatic rings. The molecule has 6 nitrogen and oxygen atoms in total. The number of rotatable bonds is 3. The molecular weight excluding hydrogens is 544 g/mol. The molecule has 5 atom stereocenters. The summed E-state index contributed by atoms with van der Waals surface area (Å²) in [4.78, 5) is 19.7. The third-order valence-electron chi connectivity index (χ3n) is 7.20. The quantitative estimate of drug-likeness (QED) is 0.463. The maximum atomic E-state index is 13.9.